The predicted molar refractivity (Wildman–Crippen MR) is 42.3 cm³/mol. The molecular weight excluding hydrogens is 174 g/mol. The first kappa shape index (κ1) is 8.06. The quantitative estimate of drug-likeness (QED) is 0.636. The second-order valence-electron chi connectivity index (χ2n) is 2.78. The number of hydrogen-bond acceptors (Lipinski definition) is 4. The van der Waals surface area contributed by atoms with E-state index in [4.69, 9.17) is 15.6 Å². The van der Waals surface area contributed by atoms with E-state index in [1.54, 1.807) is 4.57 Å². The standard InChI is InChI=1S/C7H9N3O3/c8-5(6(11)12)4-3-9-7-10(4)1-2-13-7/h3,5H,1-2,8H2,(H,11,12). The highest BCUT2D eigenvalue weighted by atomic mass is 16.5. The Morgan fingerprint density at radius 1 is 1.85 bits per heavy atom. The molecule has 0 amide bonds. The van der Waals surface area contributed by atoms with Gasteiger partial charge in [-0.15, -0.1) is 0 Å². The maximum atomic E-state index is 10.6. The van der Waals surface area contributed by atoms with Gasteiger partial charge in [0.1, 0.15) is 12.6 Å². The Bertz CT molecular complexity index is 347. The van der Waals surface area contributed by atoms with Crippen molar-refractivity contribution < 1.29 is 14.6 Å². The van der Waals surface area contributed by atoms with Crippen LogP contribution in [0.25, 0.3) is 0 Å². The molecule has 1 atom stereocenters. The summed E-state index contributed by atoms with van der Waals surface area (Å²) in [7, 11) is 0. The Kier molecular flexibility index (Phi) is 1.70. The maximum absolute atomic E-state index is 10.6. The van der Waals surface area contributed by atoms with Crippen LogP contribution in [-0.2, 0) is 11.3 Å². The lowest BCUT2D eigenvalue weighted by Crippen LogP contribution is -2.23. The molecule has 0 saturated carbocycles. The molecule has 1 aliphatic rings. The molecular formula is C7H9N3O3. The third-order valence-corrected chi connectivity index (χ3v) is 1.98. The van der Waals surface area contributed by atoms with E-state index in [2.05, 4.69) is 4.98 Å². The summed E-state index contributed by atoms with van der Waals surface area (Å²) in [5.74, 6) is -1.06. The van der Waals surface area contributed by atoms with E-state index < -0.39 is 12.0 Å². The van der Waals surface area contributed by atoms with E-state index in [0.29, 0.717) is 24.9 Å². The molecule has 0 saturated heterocycles. The van der Waals surface area contributed by atoms with Crippen molar-refractivity contribution in [3.05, 3.63) is 11.9 Å². The fourth-order valence-electron chi connectivity index (χ4n) is 1.31. The number of carboxylic acids is 1. The van der Waals surface area contributed by atoms with Crippen LogP contribution >= 0.6 is 0 Å². The highest BCUT2D eigenvalue weighted by Crippen LogP contribution is 2.21. The van der Waals surface area contributed by atoms with E-state index in [-0.39, 0.29) is 0 Å². The molecule has 1 aromatic heterocycles. The minimum Gasteiger partial charge on any atom is -0.480 e. The lowest BCUT2D eigenvalue weighted by molar-refractivity contribution is -0.138. The largest absolute Gasteiger partial charge is 0.480 e. The fourth-order valence-corrected chi connectivity index (χ4v) is 1.31. The molecule has 70 valence electrons. The molecule has 13 heavy (non-hydrogen) atoms. The number of rotatable bonds is 2. The molecule has 0 bridgehead atoms. The van der Waals surface area contributed by atoms with E-state index >= 15 is 0 Å². The topological polar surface area (TPSA) is 90.4 Å². The molecule has 0 spiro atoms. The summed E-state index contributed by atoms with van der Waals surface area (Å²) >= 11 is 0. The lowest BCUT2D eigenvalue weighted by atomic mass is 10.2. The minimum atomic E-state index is -1.06. The summed E-state index contributed by atoms with van der Waals surface area (Å²) in [5, 5.41) is 8.68. The molecule has 0 fully saturated rings. The predicted octanol–water partition coefficient (Wildman–Crippen LogP) is -0.640. The van der Waals surface area contributed by atoms with Crippen LogP contribution in [0.15, 0.2) is 6.20 Å². The smallest absolute Gasteiger partial charge is 0.326 e. The number of nitrogens with two attached hydrogens (primary N) is 1. The molecule has 0 aromatic carbocycles. The molecule has 2 rings (SSSR count). The highest BCUT2D eigenvalue weighted by molar-refractivity contribution is 5.74. The van der Waals surface area contributed by atoms with Gasteiger partial charge in [-0.3, -0.25) is 9.36 Å². The van der Waals surface area contributed by atoms with Crippen molar-refractivity contribution in [1.29, 1.82) is 0 Å². The van der Waals surface area contributed by atoms with Crippen LogP contribution in [-0.4, -0.2) is 27.2 Å². The molecule has 1 aliphatic heterocycles. The van der Waals surface area contributed by atoms with Gasteiger partial charge in [0, 0.05) is 0 Å². The number of hydrogen-bond donors (Lipinski definition) is 2. The molecule has 3 N–H and O–H groups in total. The Morgan fingerprint density at radius 2 is 2.62 bits per heavy atom. The third-order valence-electron chi connectivity index (χ3n) is 1.98. The van der Waals surface area contributed by atoms with Gasteiger partial charge in [-0.05, 0) is 0 Å². The number of aromatic nitrogens is 2. The van der Waals surface area contributed by atoms with Crippen molar-refractivity contribution in [2.75, 3.05) is 6.61 Å². The summed E-state index contributed by atoms with van der Waals surface area (Å²) in [6.45, 7) is 1.15. The Balaban J connectivity index is 2.36. The van der Waals surface area contributed by atoms with Crippen LogP contribution in [0.5, 0.6) is 6.01 Å². The number of imidazole rings is 1. The van der Waals surface area contributed by atoms with Crippen LogP contribution in [0.3, 0.4) is 0 Å². The third kappa shape index (κ3) is 1.15. The van der Waals surface area contributed by atoms with Crippen LogP contribution in [0.2, 0.25) is 0 Å². The Labute approximate surface area is 73.9 Å². The van der Waals surface area contributed by atoms with Crippen molar-refractivity contribution in [1.82, 2.24) is 9.55 Å². The average Bonchev–Trinajstić information content (AvgIpc) is 2.61. The molecule has 0 radical (unpaired) electrons. The molecule has 0 aliphatic carbocycles. The molecule has 1 unspecified atom stereocenters. The van der Waals surface area contributed by atoms with Crippen molar-refractivity contribution in [3.8, 4) is 6.01 Å². The van der Waals surface area contributed by atoms with Gasteiger partial charge < -0.3 is 15.6 Å². The summed E-state index contributed by atoms with van der Waals surface area (Å²) < 4.78 is 6.79. The lowest BCUT2D eigenvalue weighted by Gasteiger charge is -2.06. The first-order valence-corrected chi connectivity index (χ1v) is 3.87. The van der Waals surface area contributed by atoms with Gasteiger partial charge in [0.25, 0.3) is 6.01 Å². The number of carbonyl (C=O) groups is 1. The normalized spacial score (nSPS) is 16.4. The van der Waals surface area contributed by atoms with Crippen LogP contribution in [0.4, 0.5) is 0 Å². The number of ether oxygens (including phenoxy) is 1. The second kappa shape index (κ2) is 2.74. The first-order valence-electron chi connectivity index (χ1n) is 3.87. The van der Waals surface area contributed by atoms with Crippen LogP contribution in [0.1, 0.15) is 11.7 Å². The zero-order chi connectivity index (χ0) is 9.42. The van der Waals surface area contributed by atoms with E-state index in [0.717, 1.165) is 0 Å². The van der Waals surface area contributed by atoms with Crippen molar-refractivity contribution in [2.24, 2.45) is 5.73 Å². The van der Waals surface area contributed by atoms with Gasteiger partial charge in [-0.2, -0.15) is 0 Å². The number of fused-ring (bicyclic) bond motifs is 1. The first-order chi connectivity index (χ1) is 6.20. The number of nitrogens with zero attached hydrogens (tertiary/aromatic N) is 2. The molecule has 1 aromatic rings. The van der Waals surface area contributed by atoms with Crippen LogP contribution in [0, 0.1) is 0 Å². The average molecular weight is 183 g/mol. The Hall–Kier alpha value is -1.56. The van der Waals surface area contributed by atoms with E-state index in [9.17, 15) is 4.79 Å². The summed E-state index contributed by atoms with van der Waals surface area (Å²) in [6.07, 6.45) is 1.44. The molecule has 6 heteroatoms. The monoisotopic (exact) mass is 183 g/mol. The van der Waals surface area contributed by atoms with Gasteiger partial charge in [0.05, 0.1) is 18.4 Å². The van der Waals surface area contributed by atoms with Crippen molar-refractivity contribution >= 4 is 5.97 Å². The van der Waals surface area contributed by atoms with E-state index in [1.807, 2.05) is 0 Å². The summed E-state index contributed by atoms with van der Waals surface area (Å²) in [5.41, 5.74) is 5.93. The van der Waals surface area contributed by atoms with Gasteiger partial charge in [-0.1, -0.05) is 0 Å². The van der Waals surface area contributed by atoms with Gasteiger partial charge in [0.15, 0.2) is 0 Å². The zero-order valence-electron chi connectivity index (χ0n) is 6.80. The van der Waals surface area contributed by atoms with Crippen molar-refractivity contribution in [3.63, 3.8) is 0 Å². The summed E-state index contributed by atoms with van der Waals surface area (Å²) in [4.78, 5) is 14.5. The fraction of sp³-hybridized carbons (Fsp3) is 0.429. The molecule has 6 nitrogen and oxygen atoms in total. The minimum absolute atomic E-state index is 0.451. The van der Waals surface area contributed by atoms with Gasteiger partial charge in [0.2, 0.25) is 0 Å². The van der Waals surface area contributed by atoms with Crippen LogP contribution < -0.4 is 10.5 Å². The van der Waals surface area contributed by atoms with Gasteiger partial charge in [-0.25, -0.2) is 4.98 Å². The second-order valence-corrected chi connectivity index (χ2v) is 2.78. The number of aliphatic carboxylic acids is 1. The number of carboxylic acid groups (broad SMARTS) is 1. The molecule has 2 heterocycles. The Morgan fingerprint density at radius 3 is 3.31 bits per heavy atom. The van der Waals surface area contributed by atoms with Crippen molar-refractivity contribution in [2.45, 2.75) is 12.6 Å². The van der Waals surface area contributed by atoms with E-state index in [1.165, 1.54) is 6.20 Å². The summed E-state index contributed by atoms with van der Waals surface area (Å²) in [6, 6.07) is -0.574. The maximum Gasteiger partial charge on any atom is 0.326 e. The van der Waals surface area contributed by atoms with Gasteiger partial charge >= 0.3 is 5.97 Å². The SMILES string of the molecule is NC(C(=O)O)c1cnc2n1CCO2. The highest BCUT2D eigenvalue weighted by Gasteiger charge is 2.24. The zero-order valence-corrected chi connectivity index (χ0v) is 6.80.